The molecule has 1 rings (SSSR count). The zero-order valence-electron chi connectivity index (χ0n) is 14.9. The average molecular weight is 298 g/mol. The molecule has 2 atom stereocenters. The van der Waals surface area contributed by atoms with E-state index in [9.17, 15) is 0 Å². The van der Waals surface area contributed by atoms with Gasteiger partial charge in [0.2, 0.25) is 0 Å². The van der Waals surface area contributed by atoms with Gasteiger partial charge in [-0.3, -0.25) is 0 Å². The first-order valence-electron chi connectivity index (χ1n) is 9.60. The Balaban J connectivity index is 2.16. The van der Waals surface area contributed by atoms with E-state index in [1.165, 1.54) is 77.0 Å². The maximum Gasteiger partial charge on any atom is 0.0806 e. The van der Waals surface area contributed by atoms with Crippen molar-refractivity contribution in [2.75, 3.05) is 13.2 Å². The lowest BCUT2D eigenvalue weighted by Crippen LogP contribution is -2.52. The van der Waals surface area contributed by atoms with Crippen LogP contribution in [0.5, 0.6) is 0 Å². The zero-order chi connectivity index (χ0) is 15.4. The zero-order valence-corrected chi connectivity index (χ0v) is 14.9. The van der Waals surface area contributed by atoms with Crippen molar-refractivity contribution in [1.29, 1.82) is 0 Å². The second-order valence-corrected chi connectivity index (χ2v) is 6.99. The summed E-state index contributed by atoms with van der Waals surface area (Å²) in [5.41, 5.74) is 0.0788. The van der Waals surface area contributed by atoms with Crippen molar-refractivity contribution in [3.8, 4) is 0 Å². The minimum Gasteiger partial charge on any atom is -0.374 e. The van der Waals surface area contributed by atoms with Crippen molar-refractivity contribution in [2.24, 2.45) is 0 Å². The van der Waals surface area contributed by atoms with E-state index in [4.69, 9.17) is 4.74 Å². The maximum absolute atomic E-state index is 6.14. The van der Waals surface area contributed by atoms with Gasteiger partial charge in [0.15, 0.2) is 0 Å². The van der Waals surface area contributed by atoms with Crippen molar-refractivity contribution in [3.05, 3.63) is 0 Å². The van der Waals surface area contributed by atoms with Gasteiger partial charge in [0.25, 0.3) is 0 Å². The fourth-order valence-electron chi connectivity index (χ4n) is 3.58. The topological polar surface area (TPSA) is 21.3 Å². The number of hydrogen-bond acceptors (Lipinski definition) is 2. The Bertz CT molecular complexity index is 236. The van der Waals surface area contributed by atoms with Crippen LogP contribution in [0, 0.1) is 0 Å². The highest BCUT2D eigenvalue weighted by Gasteiger charge is 2.35. The number of hydrogen-bond donors (Lipinski definition) is 1. The molecule has 0 bridgehead atoms. The van der Waals surface area contributed by atoms with E-state index < -0.39 is 0 Å². The lowest BCUT2D eigenvalue weighted by molar-refractivity contribution is -0.0901. The van der Waals surface area contributed by atoms with Gasteiger partial charge in [-0.2, -0.15) is 0 Å². The van der Waals surface area contributed by atoms with Crippen LogP contribution in [-0.2, 0) is 4.74 Å². The van der Waals surface area contributed by atoms with E-state index in [2.05, 4.69) is 26.1 Å². The molecular weight excluding hydrogens is 258 g/mol. The fraction of sp³-hybridized carbons (Fsp3) is 1.00. The Morgan fingerprint density at radius 3 is 2.19 bits per heavy atom. The summed E-state index contributed by atoms with van der Waals surface area (Å²) < 4.78 is 6.14. The molecule has 2 heteroatoms. The minimum absolute atomic E-state index is 0.0788. The molecule has 0 aromatic carbocycles. The molecule has 1 aliphatic heterocycles. The van der Waals surface area contributed by atoms with Crippen LogP contribution >= 0.6 is 0 Å². The molecule has 1 heterocycles. The molecule has 0 saturated carbocycles. The molecule has 0 radical (unpaired) electrons. The van der Waals surface area contributed by atoms with E-state index in [1.807, 2.05) is 0 Å². The van der Waals surface area contributed by atoms with Gasteiger partial charge in [0.1, 0.15) is 0 Å². The van der Waals surface area contributed by atoms with Crippen molar-refractivity contribution in [3.63, 3.8) is 0 Å². The monoisotopic (exact) mass is 297 g/mol. The molecule has 0 spiro atoms. The second-order valence-electron chi connectivity index (χ2n) is 6.99. The summed E-state index contributed by atoms with van der Waals surface area (Å²) in [5.74, 6) is 0. The molecule has 1 N–H and O–H groups in total. The van der Waals surface area contributed by atoms with E-state index in [1.54, 1.807) is 0 Å². The number of likely N-dealkylation sites (N-methyl/N-ethyl adjacent to an activating group) is 1. The fourth-order valence-corrected chi connectivity index (χ4v) is 3.58. The largest absolute Gasteiger partial charge is 0.374 e. The Kier molecular flexibility index (Phi) is 10.4. The molecule has 1 saturated heterocycles. The number of nitrogens with one attached hydrogen (secondary N) is 1. The van der Waals surface area contributed by atoms with Crippen LogP contribution in [0.3, 0.4) is 0 Å². The van der Waals surface area contributed by atoms with Gasteiger partial charge in [0, 0.05) is 12.6 Å². The number of ether oxygens (including phenoxy) is 1. The number of unbranched alkanes of at least 4 members (excludes halogenated alkanes) is 7. The highest BCUT2D eigenvalue weighted by atomic mass is 16.5. The molecule has 0 aromatic heterocycles. The molecule has 0 aliphatic carbocycles. The van der Waals surface area contributed by atoms with Crippen LogP contribution in [0.2, 0.25) is 0 Å². The van der Waals surface area contributed by atoms with Crippen LogP contribution in [0.15, 0.2) is 0 Å². The van der Waals surface area contributed by atoms with Crippen LogP contribution < -0.4 is 5.32 Å². The third kappa shape index (κ3) is 7.65. The van der Waals surface area contributed by atoms with Crippen molar-refractivity contribution in [1.82, 2.24) is 5.32 Å². The molecule has 1 aliphatic rings. The smallest absolute Gasteiger partial charge is 0.0806 e. The number of rotatable bonds is 12. The Morgan fingerprint density at radius 2 is 1.62 bits per heavy atom. The normalized spacial score (nSPS) is 24.1. The van der Waals surface area contributed by atoms with E-state index in [-0.39, 0.29) is 5.60 Å². The predicted octanol–water partition coefficient (Wildman–Crippen LogP) is 5.45. The van der Waals surface area contributed by atoms with E-state index in [0.29, 0.717) is 6.04 Å². The van der Waals surface area contributed by atoms with Gasteiger partial charge in [-0.1, -0.05) is 65.2 Å². The van der Waals surface area contributed by atoms with Gasteiger partial charge < -0.3 is 10.1 Å². The first kappa shape index (κ1) is 19.0. The summed E-state index contributed by atoms with van der Waals surface area (Å²) in [5, 5.41) is 3.69. The quantitative estimate of drug-likeness (QED) is 0.483. The molecule has 0 amide bonds. The molecule has 126 valence electrons. The third-order valence-electron chi connectivity index (χ3n) is 5.03. The molecule has 0 aromatic rings. The molecular formula is C19H39NO. The molecule has 2 unspecified atom stereocenters. The van der Waals surface area contributed by atoms with Crippen LogP contribution in [0.25, 0.3) is 0 Å². The Hall–Kier alpha value is -0.0800. The standard InChI is InChI=1S/C19H39NO/c1-4-6-7-8-9-10-11-12-15-18(20-5-2)19(3)16-13-14-17-21-19/h18,20H,4-17H2,1-3H3. The molecule has 21 heavy (non-hydrogen) atoms. The van der Waals surface area contributed by atoms with Gasteiger partial charge in [0.05, 0.1) is 5.60 Å². The van der Waals surface area contributed by atoms with Crippen molar-refractivity contribution in [2.45, 2.75) is 109 Å². The Morgan fingerprint density at radius 1 is 0.952 bits per heavy atom. The van der Waals surface area contributed by atoms with Gasteiger partial charge >= 0.3 is 0 Å². The SMILES string of the molecule is CCCCCCCCCCC(NCC)C1(C)CCCCO1. The average Bonchev–Trinajstić information content (AvgIpc) is 2.49. The highest BCUT2D eigenvalue weighted by molar-refractivity contribution is 4.91. The summed E-state index contributed by atoms with van der Waals surface area (Å²) in [4.78, 5) is 0. The van der Waals surface area contributed by atoms with Crippen LogP contribution in [-0.4, -0.2) is 24.8 Å². The predicted molar refractivity (Wildman–Crippen MR) is 92.9 cm³/mol. The summed E-state index contributed by atoms with van der Waals surface area (Å²) in [7, 11) is 0. The lowest BCUT2D eigenvalue weighted by Gasteiger charge is -2.41. The third-order valence-corrected chi connectivity index (χ3v) is 5.03. The summed E-state index contributed by atoms with van der Waals surface area (Å²) in [6.07, 6.45) is 16.3. The molecule has 2 nitrogen and oxygen atoms in total. The first-order chi connectivity index (χ1) is 10.2. The van der Waals surface area contributed by atoms with Gasteiger partial charge in [-0.25, -0.2) is 0 Å². The van der Waals surface area contributed by atoms with Gasteiger partial charge in [-0.05, 0) is 39.2 Å². The van der Waals surface area contributed by atoms with Crippen molar-refractivity contribution < 1.29 is 4.74 Å². The van der Waals surface area contributed by atoms with E-state index in [0.717, 1.165) is 13.2 Å². The Labute approximate surface area is 133 Å². The lowest BCUT2D eigenvalue weighted by atomic mass is 9.85. The van der Waals surface area contributed by atoms with Crippen molar-refractivity contribution >= 4 is 0 Å². The second kappa shape index (κ2) is 11.5. The van der Waals surface area contributed by atoms with Crippen LogP contribution in [0.1, 0.15) is 97.8 Å². The van der Waals surface area contributed by atoms with Gasteiger partial charge in [-0.15, -0.1) is 0 Å². The summed E-state index contributed by atoms with van der Waals surface area (Å²) >= 11 is 0. The van der Waals surface area contributed by atoms with E-state index >= 15 is 0 Å². The van der Waals surface area contributed by atoms with Crippen LogP contribution in [0.4, 0.5) is 0 Å². The summed E-state index contributed by atoms with van der Waals surface area (Å²) in [6, 6.07) is 0.544. The molecule has 1 fully saturated rings. The highest BCUT2D eigenvalue weighted by Crippen LogP contribution is 2.30. The minimum atomic E-state index is 0.0788. The summed E-state index contributed by atoms with van der Waals surface area (Å²) in [6.45, 7) is 8.84. The maximum atomic E-state index is 6.14. The first-order valence-corrected chi connectivity index (χ1v) is 9.60.